The van der Waals surface area contributed by atoms with Crippen LogP contribution in [0.5, 0.6) is 0 Å². The van der Waals surface area contributed by atoms with Crippen molar-refractivity contribution in [1.82, 2.24) is 19.6 Å². The largest absolute Gasteiger partial charge is 0.394 e. The number of nitrogens with zero attached hydrogens (tertiary/aromatic N) is 4. The Bertz CT molecular complexity index is 496. The molecule has 3 aliphatic heterocycles. The molecule has 3 saturated heterocycles. The first-order valence-electron chi connectivity index (χ1n) is 8.69. The fourth-order valence-electron chi connectivity index (χ4n) is 4.05. The van der Waals surface area contributed by atoms with E-state index in [0.29, 0.717) is 52.5 Å². The Labute approximate surface area is 142 Å². The maximum atomic E-state index is 12.7. The molecule has 3 amide bonds. The van der Waals surface area contributed by atoms with Crippen molar-refractivity contribution < 1.29 is 19.4 Å². The lowest BCUT2D eigenvalue weighted by molar-refractivity contribution is -0.142. The van der Waals surface area contributed by atoms with E-state index < -0.39 is 5.54 Å². The number of fused-ring (bicyclic) bond motifs is 1. The summed E-state index contributed by atoms with van der Waals surface area (Å²) >= 11 is 0. The summed E-state index contributed by atoms with van der Waals surface area (Å²) < 4.78 is 5.31. The van der Waals surface area contributed by atoms with Crippen molar-refractivity contribution in [3.8, 4) is 0 Å². The zero-order valence-electron chi connectivity index (χ0n) is 14.6. The Hall–Kier alpha value is -1.38. The van der Waals surface area contributed by atoms with Crippen LogP contribution in [0.25, 0.3) is 0 Å². The van der Waals surface area contributed by atoms with Gasteiger partial charge in [-0.1, -0.05) is 0 Å². The summed E-state index contributed by atoms with van der Waals surface area (Å²) in [6.45, 7) is 9.14. The van der Waals surface area contributed by atoms with Crippen LogP contribution in [0.1, 0.15) is 13.8 Å². The molecule has 2 unspecified atom stereocenters. The quantitative estimate of drug-likeness (QED) is 0.665. The first kappa shape index (κ1) is 17.4. The lowest BCUT2D eigenvalue weighted by Crippen LogP contribution is -2.73. The molecule has 3 rings (SSSR count). The number of rotatable bonds is 1. The van der Waals surface area contributed by atoms with Crippen molar-refractivity contribution in [1.29, 1.82) is 0 Å². The number of aliphatic hydroxyl groups is 1. The topological polar surface area (TPSA) is 76.6 Å². The zero-order valence-corrected chi connectivity index (χ0v) is 14.6. The number of morpholine rings is 1. The second kappa shape index (κ2) is 6.85. The van der Waals surface area contributed by atoms with E-state index in [1.165, 1.54) is 0 Å². The van der Waals surface area contributed by atoms with E-state index in [1.807, 2.05) is 16.7 Å². The van der Waals surface area contributed by atoms with Gasteiger partial charge in [-0.25, -0.2) is 4.79 Å². The maximum Gasteiger partial charge on any atom is 0.320 e. The molecule has 2 atom stereocenters. The molecule has 8 heteroatoms. The van der Waals surface area contributed by atoms with Gasteiger partial charge in [-0.05, 0) is 6.92 Å². The van der Waals surface area contributed by atoms with Crippen molar-refractivity contribution in [2.75, 3.05) is 65.6 Å². The standard InChI is InChI=1S/C16H28N4O4/c1-13(22)19-10-14-9-18(15(23)17-5-7-24-8-6-17)3-4-20(14)16(2,11-19)12-21/h14,21H,3-12H2,1-2H3. The molecule has 3 fully saturated rings. The summed E-state index contributed by atoms with van der Waals surface area (Å²) in [5.41, 5.74) is -0.442. The minimum absolute atomic E-state index is 0.00465. The van der Waals surface area contributed by atoms with Crippen LogP contribution >= 0.6 is 0 Å². The molecule has 0 spiro atoms. The first-order chi connectivity index (χ1) is 11.4. The Morgan fingerprint density at radius 2 is 1.75 bits per heavy atom. The van der Waals surface area contributed by atoms with E-state index in [-0.39, 0.29) is 24.6 Å². The molecule has 1 N–H and O–H groups in total. The van der Waals surface area contributed by atoms with Crippen molar-refractivity contribution in [2.45, 2.75) is 25.4 Å². The van der Waals surface area contributed by atoms with Gasteiger partial charge in [-0.15, -0.1) is 0 Å². The number of carbonyl (C=O) groups excluding carboxylic acids is 2. The number of hydrogen-bond donors (Lipinski definition) is 1. The highest BCUT2D eigenvalue weighted by atomic mass is 16.5. The molecule has 136 valence electrons. The highest BCUT2D eigenvalue weighted by Crippen LogP contribution is 2.28. The summed E-state index contributed by atoms with van der Waals surface area (Å²) in [5.74, 6) is 0.0194. The number of carbonyl (C=O) groups is 2. The SMILES string of the molecule is CC(=O)N1CC2CN(C(=O)N3CCOCC3)CCN2C(C)(CO)C1. The zero-order chi connectivity index (χ0) is 17.3. The molecule has 0 aromatic heterocycles. The van der Waals surface area contributed by atoms with Crippen LogP contribution in [0.4, 0.5) is 4.79 Å². The predicted molar refractivity (Wildman–Crippen MR) is 87.6 cm³/mol. The molecule has 3 heterocycles. The van der Waals surface area contributed by atoms with Gasteiger partial charge in [0.1, 0.15) is 0 Å². The van der Waals surface area contributed by atoms with Gasteiger partial charge < -0.3 is 24.5 Å². The number of aliphatic hydroxyl groups excluding tert-OH is 1. The van der Waals surface area contributed by atoms with Crippen molar-refractivity contribution in [3.63, 3.8) is 0 Å². The van der Waals surface area contributed by atoms with Crippen molar-refractivity contribution in [2.24, 2.45) is 0 Å². The number of hydrogen-bond acceptors (Lipinski definition) is 5. The van der Waals surface area contributed by atoms with Crippen molar-refractivity contribution in [3.05, 3.63) is 0 Å². The van der Waals surface area contributed by atoms with E-state index >= 15 is 0 Å². The highest BCUT2D eigenvalue weighted by Gasteiger charge is 2.46. The minimum Gasteiger partial charge on any atom is -0.394 e. The van der Waals surface area contributed by atoms with E-state index in [2.05, 4.69) is 4.90 Å². The summed E-state index contributed by atoms with van der Waals surface area (Å²) in [6, 6.07) is 0.127. The van der Waals surface area contributed by atoms with Crippen LogP contribution in [0.2, 0.25) is 0 Å². The second-order valence-electron chi connectivity index (χ2n) is 7.23. The maximum absolute atomic E-state index is 12.7. The molecule has 0 aromatic rings. The molecule has 24 heavy (non-hydrogen) atoms. The van der Waals surface area contributed by atoms with E-state index in [0.717, 1.165) is 6.54 Å². The molecule has 3 aliphatic rings. The summed E-state index contributed by atoms with van der Waals surface area (Å²) in [6.07, 6.45) is 0. The predicted octanol–water partition coefficient (Wildman–Crippen LogP) is -0.962. The molecule has 0 radical (unpaired) electrons. The number of piperazine rings is 2. The third kappa shape index (κ3) is 3.22. The van der Waals surface area contributed by atoms with Crippen LogP contribution < -0.4 is 0 Å². The lowest BCUT2D eigenvalue weighted by Gasteiger charge is -2.56. The van der Waals surface area contributed by atoms with E-state index in [9.17, 15) is 14.7 Å². The summed E-state index contributed by atoms with van der Waals surface area (Å²) in [7, 11) is 0. The average molecular weight is 340 g/mol. The molecular formula is C16H28N4O4. The molecule has 0 aromatic carbocycles. The third-order valence-electron chi connectivity index (χ3n) is 5.48. The molecule has 0 saturated carbocycles. The van der Waals surface area contributed by atoms with Gasteiger partial charge in [0, 0.05) is 58.8 Å². The smallest absolute Gasteiger partial charge is 0.320 e. The van der Waals surface area contributed by atoms with Gasteiger partial charge in [-0.2, -0.15) is 0 Å². The Kier molecular flexibility index (Phi) is 4.98. The Morgan fingerprint density at radius 3 is 2.38 bits per heavy atom. The van der Waals surface area contributed by atoms with Crippen LogP contribution in [0.3, 0.4) is 0 Å². The number of amides is 3. The summed E-state index contributed by atoms with van der Waals surface area (Å²) in [5, 5.41) is 9.89. The number of urea groups is 1. The van der Waals surface area contributed by atoms with Gasteiger partial charge in [0.15, 0.2) is 0 Å². The van der Waals surface area contributed by atoms with Gasteiger partial charge in [0.05, 0.1) is 25.4 Å². The normalized spacial score (nSPS) is 31.8. The van der Waals surface area contributed by atoms with Gasteiger partial charge in [0.25, 0.3) is 0 Å². The Morgan fingerprint density at radius 1 is 1.08 bits per heavy atom. The van der Waals surface area contributed by atoms with Gasteiger partial charge in [-0.3, -0.25) is 9.69 Å². The van der Waals surface area contributed by atoms with Crippen LogP contribution in [0.15, 0.2) is 0 Å². The van der Waals surface area contributed by atoms with Crippen molar-refractivity contribution >= 4 is 11.9 Å². The molecular weight excluding hydrogens is 312 g/mol. The van der Waals surface area contributed by atoms with E-state index in [1.54, 1.807) is 11.8 Å². The number of ether oxygens (including phenoxy) is 1. The first-order valence-corrected chi connectivity index (χ1v) is 8.69. The van der Waals surface area contributed by atoms with Gasteiger partial charge in [0.2, 0.25) is 5.91 Å². The molecule has 0 aliphatic carbocycles. The average Bonchev–Trinajstić information content (AvgIpc) is 2.61. The molecule has 0 bridgehead atoms. The van der Waals surface area contributed by atoms with Crippen LogP contribution in [0, 0.1) is 0 Å². The fourth-order valence-corrected chi connectivity index (χ4v) is 4.05. The van der Waals surface area contributed by atoms with Crippen LogP contribution in [-0.4, -0.2) is 114 Å². The van der Waals surface area contributed by atoms with E-state index in [4.69, 9.17) is 4.74 Å². The third-order valence-corrected chi connectivity index (χ3v) is 5.48. The monoisotopic (exact) mass is 340 g/mol. The fraction of sp³-hybridized carbons (Fsp3) is 0.875. The Balaban J connectivity index is 1.70. The summed E-state index contributed by atoms with van der Waals surface area (Å²) in [4.78, 5) is 32.4. The minimum atomic E-state index is -0.442. The lowest BCUT2D eigenvalue weighted by atomic mass is 9.91. The highest BCUT2D eigenvalue weighted by molar-refractivity contribution is 5.75. The molecule has 8 nitrogen and oxygen atoms in total. The van der Waals surface area contributed by atoms with Crippen LogP contribution in [-0.2, 0) is 9.53 Å². The van der Waals surface area contributed by atoms with Gasteiger partial charge >= 0.3 is 6.03 Å². The second-order valence-corrected chi connectivity index (χ2v) is 7.23.